The number of H-pyrrole nitrogens is 2. The first-order valence-corrected chi connectivity index (χ1v) is 24.5. The number of aliphatic carboxylic acids is 2. The summed E-state index contributed by atoms with van der Waals surface area (Å²) in [6, 6.07) is 24.9. The van der Waals surface area contributed by atoms with E-state index in [-0.39, 0.29) is 12.8 Å². The van der Waals surface area contributed by atoms with Crippen molar-refractivity contribution in [2.75, 3.05) is 5.32 Å². The Balaban J connectivity index is 0.00000107. The summed E-state index contributed by atoms with van der Waals surface area (Å²) < 4.78 is 37.7. The largest absolute Gasteiger partial charge is 0.490 e. The van der Waals surface area contributed by atoms with Crippen LogP contribution < -0.4 is 35.4 Å². The van der Waals surface area contributed by atoms with Gasteiger partial charge in [0.1, 0.15) is 33.2 Å². The van der Waals surface area contributed by atoms with Crippen LogP contribution >= 0.6 is 0 Å². The molecule has 0 radical (unpaired) electrons. The Morgan fingerprint density at radius 2 is 0.936 bits per heavy atom. The van der Waals surface area contributed by atoms with Crippen LogP contribution in [0.15, 0.2) is 122 Å². The minimum Gasteiger partial charge on any atom is -0.480 e. The number of amides is 3. The van der Waals surface area contributed by atoms with Crippen LogP contribution in [-0.4, -0.2) is 84.1 Å². The molecule has 8 bridgehead atoms. The smallest absolute Gasteiger partial charge is 0.480 e. The van der Waals surface area contributed by atoms with E-state index in [1.807, 2.05) is 84.2 Å². The van der Waals surface area contributed by atoms with E-state index in [9.17, 15) is 37.5 Å². The van der Waals surface area contributed by atoms with Gasteiger partial charge in [0.05, 0.1) is 28.8 Å². The second-order valence-corrected chi connectivity index (χ2v) is 18.6. The molecular formula is C57H55F3N11O7+3. The molecule has 3 amide bonds. The number of anilines is 1. The normalized spacial score (nSPS) is 12.9. The number of alkyl halides is 3. The fourth-order valence-corrected chi connectivity index (χ4v) is 8.59. The molecule has 3 atom stereocenters. The molecule has 0 spiro atoms. The van der Waals surface area contributed by atoms with Gasteiger partial charge >= 0.3 is 18.1 Å². The van der Waals surface area contributed by atoms with Gasteiger partial charge in [0.2, 0.25) is 17.7 Å². The third-order valence-corrected chi connectivity index (χ3v) is 12.7. The maximum absolute atomic E-state index is 13.4. The number of nitrogens with zero attached hydrogens (tertiary/aromatic N) is 5. The first-order valence-electron chi connectivity index (χ1n) is 24.5. The number of aromatic nitrogens is 7. The maximum Gasteiger partial charge on any atom is 0.490 e. The number of pyridine rings is 3. The number of carbonyl (C=O) groups is 5. The minimum atomic E-state index is -5.08. The Bertz CT molecular complexity index is 3540. The summed E-state index contributed by atoms with van der Waals surface area (Å²) in [5.41, 5.74) is 20.1. The number of aromatic amines is 2. The first kappa shape index (κ1) is 54.6. The number of fused-ring (bicyclic) bond motifs is 8. The monoisotopic (exact) mass is 1060 g/mol. The van der Waals surface area contributed by atoms with Crippen molar-refractivity contribution in [3.63, 3.8) is 0 Å². The summed E-state index contributed by atoms with van der Waals surface area (Å²) >= 11 is 0. The van der Waals surface area contributed by atoms with Crippen LogP contribution in [0.3, 0.4) is 0 Å². The van der Waals surface area contributed by atoms with Crippen molar-refractivity contribution in [1.82, 2.24) is 30.6 Å². The van der Waals surface area contributed by atoms with E-state index in [4.69, 9.17) is 25.6 Å². The van der Waals surface area contributed by atoms with Gasteiger partial charge in [0.15, 0.2) is 37.2 Å². The molecule has 8 heterocycles. The van der Waals surface area contributed by atoms with Crippen LogP contribution in [0.1, 0.15) is 49.5 Å². The summed E-state index contributed by atoms with van der Waals surface area (Å²) in [5.74, 6) is -5.76. The lowest BCUT2D eigenvalue weighted by Crippen LogP contribution is -2.53. The van der Waals surface area contributed by atoms with Crippen LogP contribution in [0, 0.1) is 0 Å². The summed E-state index contributed by atoms with van der Waals surface area (Å²) in [5, 5.41) is 24.2. The molecule has 0 fully saturated rings. The van der Waals surface area contributed by atoms with Gasteiger partial charge in [0.25, 0.3) is 0 Å². The third kappa shape index (κ3) is 12.7. The number of halogens is 3. The number of benzene rings is 1. The standard InChI is InChI=1S/C55H51N11O5.C2HF3O2/c1-32(56)53(68)63-47(54(69)57-33(2)55(70)71)18-19-48(67)58-38-8-6-34(7-9-38)49-39-10-12-41(59-39)50(35-20-26-64(3)27-21-35)43-14-16-45(61-43)52(37-24-30-66(5)31-25-37)46-17-15-44(62-46)51(42-13-11-40(49)60-42)36-22-28-65(4)29-23-36;3-2(4,5)1(6)7/h6-17,20-33,47H,18-19,56H2,1-5H3,(H3-2,57,58,59,60,61,62,63,67,68,69,70,71);(H,6,7)/p+3/t32-,33+,47-;/m0./s1. The number of carbonyl (C=O) groups excluding carboxylic acids is 3. The predicted octanol–water partition coefficient (Wildman–Crippen LogP) is 6.57. The highest BCUT2D eigenvalue weighted by Gasteiger charge is 2.38. The van der Waals surface area contributed by atoms with Crippen LogP contribution in [0.25, 0.3) is 90.9 Å². The molecule has 2 aliphatic rings. The highest BCUT2D eigenvalue weighted by Crippen LogP contribution is 2.38. The fourth-order valence-electron chi connectivity index (χ4n) is 8.59. The van der Waals surface area contributed by atoms with Gasteiger partial charge in [-0.15, -0.1) is 0 Å². The van der Waals surface area contributed by atoms with Crippen molar-refractivity contribution in [1.29, 1.82) is 0 Å². The van der Waals surface area contributed by atoms with E-state index in [2.05, 4.69) is 111 Å². The second-order valence-electron chi connectivity index (χ2n) is 18.6. The van der Waals surface area contributed by atoms with E-state index in [0.29, 0.717) is 5.69 Å². The molecule has 0 saturated heterocycles. The Morgan fingerprint density at radius 3 is 1.32 bits per heavy atom. The Hall–Kier alpha value is -9.63. The fraction of sp³-hybridized carbons (Fsp3) is 0.193. The zero-order chi connectivity index (χ0) is 56.0. The maximum atomic E-state index is 13.4. The molecule has 2 aliphatic heterocycles. The summed E-state index contributed by atoms with van der Waals surface area (Å²) in [7, 11) is 5.97. The number of aryl methyl sites for hydroxylation is 3. The van der Waals surface area contributed by atoms with E-state index < -0.39 is 54.0 Å². The molecule has 18 nitrogen and oxygen atoms in total. The summed E-state index contributed by atoms with van der Waals surface area (Å²) in [6.45, 7) is 2.77. The highest BCUT2D eigenvalue weighted by atomic mass is 19.4. The summed E-state index contributed by atoms with van der Waals surface area (Å²) in [6.07, 6.45) is 15.0. The highest BCUT2D eigenvalue weighted by molar-refractivity contribution is 6.01. The number of carboxylic acids is 2. The average molecular weight is 1060 g/mol. The topological polar surface area (TPSA) is 257 Å². The Labute approximate surface area is 444 Å². The zero-order valence-electron chi connectivity index (χ0n) is 42.9. The van der Waals surface area contributed by atoms with Gasteiger partial charge in [-0.2, -0.15) is 13.2 Å². The number of nitrogens with two attached hydrogens (primary N) is 1. The van der Waals surface area contributed by atoms with Crippen LogP contribution in [0.5, 0.6) is 0 Å². The summed E-state index contributed by atoms with van der Waals surface area (Å²) in [4.78, 5) is 77.4. The van der Waals surface area contributed by atoms with Crippen molar-refractivity contribution in [2.24, 2.45) is 26.9 Å². The number of hydrogen-bond donors (Lipinski definition) is 8. The van der Waals surface area contributed by atoms with E-state index in [1.165, 1.54) is 13.8 Å². The van der Waals surface area contributed by atoms with Crippen molar-refractivity contribution in [3.05, 3.63) is 145 Å². The van der Waals surface area contributed by atoms with Gasteiger partial charge in [-0.25, -0.2) is 28.5 Å². The molecule has 0 aliphatic carbocycles. The van der Waals surface area contributed by atoms with Crippen LogP contribution in [0.4, 0.5) is 18.9 Å². The molecule has 398 valence electrons. The molecule has 6 aromatic heterocycles. The number of rotatable bonds is 13. The van der Waals surface area contributed by atoms with Gasteiger partial charge in [-0.05, 0) is 103 Å². The van der Waals surface area contributed by atoms with Gasteiger partial charge in [0, 0.05) is 92.8 Å². The van der Waals surface area contributed by atoms with Gasteiger partial charge < -0.3 is 41.9 Å². The van der Waals surface area contributed by atoms with Crippen LogP contribution in [0.2, 0.25) is 0 Å². The van der Waals surface area contributed by atoms with Crippen molar-refractivity contribution in [2.45, 2.75) is 51.0 Å². The molecule has 1 aromatic carbocycles. The molecular weight excluding hydrogens is 1010 g/mol. The average Bonchev–Trinajstić information content (AvgIpc) is 4.26. The van der Waals surface area contributed by atoms with Crippen molar-refractivity contribution >= 4 is 81.7 Å². The molecule has 0 unspecified atom stereocenters. The molecule has 7 aromatic rings. The molecule has 21 heteroatoms. The molecule has 0 saturated carbocycles. The predicted molar refractivity (Wildman–Crippen MR) is 287 cm³/mol. The lowest BCUT2D eigenvalue weighted by molar-refractivity contribution is -0.671. The third-order valence-electron chi connectivity index (χ3n) is 12.7. The van der Waals surface area contributed by atoms with Gasteiger partial charge in [-0.3, -0.25) is 19.2 Å². The van der Waals surface area contributed by atoms with E-state index in [1.54, 1.807) is 12.1 Å². The second kappa shape index (κ2) is 23.1. The van der Waals surface area contributed by atoms with E-state index >= 15 is 0 Å². The van der Waals surface area contributed by atoms with E-state index in [0.717, 1.165) is 89.4 Å². The molecule has 9 rings (SSSR count). The molecule has 9 N–H and O–H groups in total. The number of carboxylic acid groups (broad SMARTS) is 2. The Morgan fingerprint density at radius 1 is 0.564 bits per heavy atom. The van der Waals surface area contributed by atoms with Gasteiger partial charge in [-0.1, -0.05) is 12.1 Å². The minimum absolute atomic E-state index is 0.0990. The van der Waals surface area contributed by atoms with Crippen molar-refractivity contribution in [3.8, 4) is 44.5 Å². The lowest BCUT2D eigenvalue weighted by Gasteiger charge is -2.20. The molecule has 78 heavy (non-hydrogen) atoms. The Kier molecular flexibility index (Phi) is 16.2. The van der Waals surface area contributed by atoms with Crippen LogP contribution in [-0.2, 0) is 45.1 Å². The number of hydrogen-bond acceptors (Lipinski definition) is 8. The first-order chi connectivity index (χ1) is 37.1. The van der Waals surface area contributed by atoms with Crippen molar-refractivity contribution < 1.29 is 61.1 Å². The zero-order valence-corrected chi connectivity index (χ0v) is 42.9. The lowest BCUT2D eigenvalue weighted by atomic mass is 10.0. The quantitative estimate of drug-likeness (QED) is 0.0576. The SMILES string of the molecule is C[C@H](N)C(=O)N[C@@H](CCC(=O)Nc1ccc(-c2c3ccc([nH]3)c(-c3cc[n+](C)cc3)c3nc(c(-c4cc[n+](C)cc4)c4nc(c(-c5cc[n+](C)cc5)c5ccc2[nH]5)C=C4)C=C3)cc1)C(=O)N[C@H](C)C(=O)O.O=C(O)C(F)(F)F. The number of nitrogens with one attached hydrogen (secondary N) is 5.